The molecule has 0 bridgehead atoms. The maximum Gasteiger partial charge on any atom is 0.151 e. The van der Waals surface area contributed by atoms with E-state index in [1.807, 2.05) is 24.9 Å². The van der Waals surface area contributed by atoms with Crippen molar-refractivity contribution in [1.29, 1.82) is 0 Å². The Bertz CT molecular complexity index is 415. The second-order valence-electron chi connectivity index (χ2n) is 5.18. The molecular weight excluding hydrogens is 228 g/mol. The SMILES string of the molecule is CN1CCN(C)C(C(=O)CCc2nccn2C)C1. The highest BCUT2D eigenvalue weighted by molar-refractivity contribution is 5.84. The van der Waals surface area contributed by atoms with Gasteiger partial charge >= 0.3 is 0 Å². The predicted molar refractivity (Wildman–Crippen MR) is 70.5 cm³/mol. The van der Waals surface area contributed by atoms with Crippen LogP contribution in [0.15, 0.2) is 12.4 Å². The van der Waals surface area contributed by atoms with E-state index in [1.165, 1.54) is 0 Å². The molecule has 0 saturated carbocycles. The zero-order chi connectivity index (χ0) is 13.1. The molecule has 100 valence electrons. The number of hydrogen-bond acceptors (Lipinski definition) is 4. The number of ketones is 1. The van der Waals surface area contributed by atoms with Crippen LogP contribution in [0.3, 0.4) is 0 Å². The van der Waals surface area contributed by atoms with Gasteiger partial charge in [0.25, 0.3) is 0 Å². The number of imidazole rings is 1. The van der Waals surface area contributed by atoms with Gasteiger partial charge in [-0.2, -0.15) is 0 Å². The van der Waals surface area contributed by atoms with Crippen molar-refractivity contribution in [2.75, 3.05) is 33.7 Å². The van der Waals surface area contributed by atoms with Crippen molar-refractivity contribution in [3.63, 3.8) is 0 Å². The molecular formula is C13H22N4O. The van der Waals surface area contributed by atoms with Crippen molar-refractivity contribution < 1.29 is 4.79 Å². The van der Waals surface area contributed by atoms with E-state index in [4.69, 9.17) is 0 Å². The van der Waals surface area contributed by atoms with E-state index < -0.39 is 0 Å². The molecule has 0 N–H and O–H groups in total. The van der Waals surface area contributed by atoms with Crippen molar-refractivity contribution in [3.8, 4) is 0 Å². The number of aryl methyl sites for hydroxylation is 2. The zero-order valence-electron chi connectivity index (χ0n) is 11.5. The first-order chi connectivity index (χ1) is 8.58. The topological polar surface area (TPSA) is 41.4 Å². The second kappa shape index (κ2) is 5.63. The summed E-state index contributed by atoms with van der Waals surface area (Å²) in [6.45, 7) is 2.85. The summed E-state index contributed by atoms with van der Waals surface area (Å²) in [5.74, 6) is 1.31. The maximum absolute atomic E-state index is 12.3. The highest BCUT2D eigenvalue weighted by Crippen LogP contribution is 2.10. The molecule has 2 rings (SSSR count). The van der Waals surface area contributed by atoms with E-state index in [1.54, 1.807) is 6.20 Å². The quantitative estimate of drug-likeness (QED) is 0.764. The fraction of sp³-hybridized carbons (Fsp3) is 0.692. The molecule has 1 aromatic heterocycles. The molecule has 0 aromatic carbocycles. The minimum absolute atomic E-state index is 0.0454. The predicted octanol–water partition coefficient (Wildman–Crippen LogP) is 0.168. The maximum atomic E-state index is 12.3. The van der Waals surface area contributed by atoms with E-state index in [2.05, 4.69) is 21.8 Å². The molecule has 0 radical (unpaired) electrons. The summed E-state index contributed by atoms with van der Waals surface area (Å²) in [4.78, 5) is 20.9. The van der Waals surface area contributed by atoms with Gasteiger partial charge in [0.1, 0.15) is 5.82 Å². The highest BCUT2D eigenvalue weighted by atomic mass is 16.1. The summed E-state index contributed by atoms with van der Waals surface area (Å²) in [6.07, 6.45) is 5.00. The molecule has 5 nitrogen and oxygen atoms in total. The lowest BCUT2D eigenvalue weighted by Gasteiger charge is -2.36. The van der Waals surface area contributed by atoms with Gasteiger partial charge in [0.15, 0.2) is 5.78 Å². The van der Waals surface area contributed by atoms with Crippen LogP contribution in [0.25, 0.3) is 0 Å². The van der Waals surface area contributed by atoms with E-state index in [-0.39, 0.29) is 6.04 Å². The third-order valence-electron chi connectivity index (χ3n) is 3.74. The Morgan fingerprint density at radius 3 is 2.83 bits per heavy atom. The van der Waals surface area contributed by atoms with Crippen LogP contribution in [0.5, 0.6) is 0 Å². The van der Waals surface area contributed by atoms with E-state index in [9.17, 15) is 4.79 Å². The molecule has 1 saturated heterocycles. The second-order valence-corrected chi connectivity index (χ2v) is 5.18. The van der Waals surface area contributed by atoms with Gasteiger partial charge in [0.05, 0.1) is 6.04 Å². The van der Waals surface area contributed by atoms with Gasteiger partial charge in [-0.15, -0.1) is 0 Å². The molecule has 1 atom stereocenters. The van der Waals surface area contributed by atoms with Crippen LogP contribution < -0.4 is 0 Å². The first kappa shape index (κ1) is 13.2. The molecule has 0 amide bonds. The summed E-state index contributed by atoms with van der Waals surface area (Å²) in [5.41, 5.74) is 0. The van der Waals surface area contributed by atoms with Gasteiger partial charge < -0.3 is 9.47 Å². The highest BCUT2D eigenvalue weighted by Gasteiger charge is 2.27. The minimum atomic E-state index is 0.0454. The Hall–Kier alpha value is -1.20. The van der Waals surface area contributed by atoms with Gasteiger partial charge in [0, 0.05) is 51.9 Å². The standard InChI is InChI=1S/C13H22N4O/c1-15-8-9-16(2)11(10-15)12(18)4-5-13-14-6-7-17(13)3/h6-7,11H,4-5,8-10H2,1-3H3. The van der Waals surface area contributed by atoms with E-state index in [0.717, 1.165) is 31.9 Å². The number of carbonyl (C=O) groups is 1. The molecule has 1 aliphatic rings. The molecule has 1 aliphatic heterocycles. The van der Waals surface area contributed by atoms with Gasteiger partial charge in [-0.1, -0.05) is 0 Å². The molecule has 18 heavy (non-hydrogen) atoms. The van der Waals surface area contributed by atoms with Crippen molar-refractivity contribution in [1.82, 2.24) is 19.4 Å². The summed E-state index contributed by atoms with van der Waals surface area (Å²) in [5, 5.41) is 0. The Balaban J connectivity index is 1.89. The largest absolute Gasteiger partial charge is 0.338 e. The van der Waals surface area contributed by atoms with Gasteiger partial charge in [0.2, 0.25) is 0 Å². The van der Waals surface area contributed by atoms with Crippen LogP contribution in [0.4, 0.5) is 0 Å². The number of piperazine rings is 1. The smallest absolute Gasteiger partial charge is 0.151 e. The monoisotopic (exact) mass is 250 g/mol. The van der Waals surface area contributed by atoms with E-state index >= 15 is 0 Å². The third-order valence-corrected chi connectivity index (χ3v) is 3.74. The fourth-order valence-corrected chi connectivity index (χ4v) is 2.40. The van der Waals surface area contributed by atoms with Crippen molar-refractivity contribution in [2.24, 2.45) is 7.05 Å². The van der Waals surface area contributed by atoms with Crippen LogP contribution >= 0.6 is 0 Å². The fourth-order valence-electron chi connectivity index (χ4n) is 2.40. The first-order valence-corrected chi connectivity index (χ1v) is 6.45. The molecule has 5 heteroatoms. The number of Topliss-reactive ketones (excluding diaryl/α,β-unsaturated/α-hetero) is 1. The summed E-state index contributed by atoms with van der Waals surface area (Å²) in [6, 6.07) is 0.0454. The lowest BCUT2D eigenvalue weighted by atomic mass is 10.0. The first-order valence-electron chi connectivity index (χ1n) is 6.45. The average Bonchev–Trinajstić information content (AvgIpc) is 2.75. The zero-order valence-corrected chi connectivity index (χ0v) is 11.5. The lowest BCUT2D eigenvalue weighted by Crippen LogP contribution is -2.53. The Labute approximate surface area is 108 Å². The van der Waals surface area contributed by atoms with Crippen molar-refractivity contribution in [3.05, 3.63) is 18.2 Å². The van der Waals surface area contributed by atoms with Gasteiger partial charge in [-0.3, -0.25) is 9.69 Å². The third kappa shape index (κ3) is 2.97. The van der Waals surface area contributed by atoms with Crippen LogP contribution in [-0.2, 0) is 18.3 Å². The number of carbonyl (C=O) groups excluding carboxylic acids is 1. The van der Waals surface area contributed by atoms with Crippen molar-refractivity contribution >= 4 is 5.78 Å². The van der Waals surface area contributed by atoms with Crippen LogP contribution in [0.2, 0.25) is 0 Å². The lowest BCUT2D eigenvalue weighted by molar-refractivity contribution is -0.125. The molecule has 0 aliphatic carbocycles. The molecule has 1 aromatic rings. The Kier molecular flexibility index (Phi) is 4.14. The Morgan fingerprint density at radius 2 is 2.17 bits per heavy atom. The number of likely N-dealkylation sites (N-methyl/N-ethyl adjacent to an activating group) is 2. The Morgan fingerprint density at radius 1 is 1.39 bits per heavy atom. The van der Waals surface area contributed by atoms with Crippen molar-refractivity contribution in [2.45, 2.75) is 18.9 Å². The minimum Gasteiger partial charge on any atom is -0.338 e. The van der Waals surface area contributed by atoms with Gasteiger partial charge in [-0.25, -0.2) is 4.98 Å². The molecule has 1 unspecified atom stereocenters. The normalized spacial score (nSPS) is 22.3. The number of aromatic nitrogens is 2. The van der Waals surface area contributed by atoms with Crippen LogP contribution in [0, 0.1) is 0 Å². The molecule has 1 fully saturated rings. The summed E-state index contributed by atoms with van der Waals surface area (Å²) >= 11 is 0. The number of hydrogen-bond donors (Lipinski definition) is 0. The summed E-state index contributed by atoms with van der Waals surface area (Å²) in [7, 11) is 6.08. The molecule has 2 heterocycles. The number of nitrogens with zero attached hydrogens (tertiary/aromatic N) is 4. The summed E-state index contributed by atoms with van der Waals surface area (Å²) < 4.78 is 1.98. The van der Waals surface area contributed by atoms with Crippen LogP contribution in [0.1, 0.15) is 12.2 Å². The van der Waals surface area contributed by atoms with Crippen LogP contribution in [-0.4, -0.2) is 64.9 Å². The number of rotatable bonds is 4. The molecule has 0 spiro atoms. The van der Waals surface area contributed by atoms with Gasteiger partial charge in [-0.05, 0) is 14.1 Å². The van der Waals surface area contributed by atoms with E-state index in [0.29, 0.717) is 12.2 Å². The average molecular weight is 250 g/mol.